The molecular formula is C26H19ClFN3O2S. The first kappa shape index (κ1) is 23.6. The standard InChI is InChI=1S/C26H19ClFN3O2S/c1-16-7-12-19(14-22(16)27)30-24(32)21(15-29)26-31(20-5-3-2-4-6-20)25(33)23(34-26)13-17-8-10-18(28)11-9-17/h2-12,14,23H,13H2,1H3,(H,30,32)/b26-21-/t23-/m1/s1. The van der Waals surface area contributed by atoms with Crippen LogP contribution in [-0.4, -0.2) is 17.1 Å². The van der Waals surface area contributed by atoms with Crippen molar-refractivity contribution in [1.82, 2.24) is 0 Å². The molecule has 1 heterocycles. The summed E-state index contributed by atoms with van der Waals surface area (Å²) < 4.78 is 13.3. The first-order chi connectivity index (χ1) is 16.4. The van der Waals surface area contributed by atoms with E-state index in [9.17, 15) is 19.2 Å². The van der Waals surface area contributed by atoms with Crippen molar-refractivity contribution in [2.24, 2.45) is 0 Å². The van der Waals surface area contributed by atoms with Gasteiger partial charge in [-0.1, -0.05) is 59.8 Å². The van der Waals surface area contributed by atoms with Gasteiger partial charge in [0, 0.05) is 16.4 Å². The lowest BCUT2D eigenvalue weighted by molar-refractivity contribution is -0.117. The van der Waals surface area contributed by atoms with Crippen LogP contribution >= 0.6 is 23.4 Å². The van der Waals surface area contributed by atoms with Crippen LogP contribution in [0.2, 0.25) is 5.02 Å². The molecule has 34 heavy (non-hydrogen) atoms. The van der Waals surface area contributed by atoms with Crippen LogP contribution in [0.4, 0.5) is 15.8 Å². The quantitative estimate of drug-likeness (QED) is 0.359. The molecule has 0 aliphatic carbocycles. The van der Waals surface area contributed by atoms with Gasteiger partial charge in [0.15, 0.2) is 0 Å². The number of benzene rings is 3. The molecule has 1 N–H and O–H groups in total. The number of anilines is 2. The second-order valence-corrected chi connectivity index (χ2v) is 9.25. The van der Waals surface area contributed by atoms with Crippen molar-refractivity contribution in [2.75, 3.05) is 10.2 Å². The van der Waals surface area contributed by atoms with Gasteiger partial charge in [0.2, 0.25) is 5.91 Å². The number of nitrogens with zero attached hydrogens (tertiary/aromatic N) is 2. The fourth-order valence-corrected chi connectivity index (χ4v) is 4.99. The third kappa shape index (κ3) is 4.98. The van der Waals surface area contributed by atoms with E-state index in [2.05, 4.69) is 5.32 Å². The normalized spacial score (nSPS) is 16.8. The highest BCUT2D eigenvalue weighted by atomic mass is 35.5. The summed E-state index contributed by atoms with van der Waals surface area (Å²) >= 11 is 7.31. The van der Waals surface area contributed by atoms with Crippen molar-refractivity contribution < 1.29 is 14.0 Å². The molecule has 4 rings (SSSR count). The lowest BCUT2D eigenvalue weighted by Gasteiger charge is -2.18. The molecule has 5 nitrogen and oxygen atoms in total. The van der Waals surface area contributed by atoms with E-state index in [1.807, 2.05) is 19.1 Å². The highest BCUT2D eigenvalue weighted by Crippen LogP contribution is 2.42. The van der Waals surface area contributed by atoms with E-state index < -0.39 is 11.2 Å². The minimum absolute atomic E-state index is 0.180. The molecule has 1 saturated heterocycles. The third-order valence-electron chi connectivity index (χ3n) is 5.28. The molecule has 170 valence electrons. The fraction of sp³-hybridized carbons (Fsp3) is 0.115. The summed E-state index contributed by atoms with van der Waals surface area (Å²) in [7, 11) is 0. The Bertz CT molecular complexity index is 1320. The Morgan fingerprint density at radius 1 is 1.15 bits per heavy atom. The van der Waals surface area contributed by atoms with Gasteiger partial charge in [-0.25, -0.2) is 4.39 Å². The molecule has 0 unspecified atom stereocenters. The Balaban J connectivity index is 1.70. The van der Waals surface area contributed by atoms with Crippen LogP contribution in [-0.2, 0) is 16.0 Å². The predicted octanol–water partition coefficient (Wildman–Crippen LogP) is 5.85. The third-order valence-corrected chi connectivity index (χ3v) is 6.95. The maximum atomic E-state index is 13.4. The summed E-state index contributed by atoms with van der Waals surface area (Å²) in [6, 6.07) is 21.8. The number of carbonyl (C=O) groups excluding carboxylic acids is 2. The summed E-state index contributed by atoms with van der Waals surface area (Å²) in [6.45, 7) is 1.84. The van der Waals surface area contributed by atoms with Crippen molar-refractivity contribution in [3.05, 3.63) is 105 Å². The highest BCUT2D eigenvalue weighted by molar-refractivity contribution is 8.05. The fourth-order valence-electron chi connectivity index (χ4n) is 3.50. The molecular weight excluding hydrogens is 473 g/mol. The second-order valence-electron chi connectivity index (χ2n) is 7.66. The molecule has 1 fully saturated rings. The zero-order chi connectivity index (χ0) is 24.2. The Kier molecular flexibility index (Phi) is 7.01. The van der Waals surface area contributed by atoms with E-state index >= 15 is 0 Å². The van der Waals surface area contributed by atoms with Crippen LogP contribution in [0.3, 0.4) is 0 Å². The molecule has 0 bridgehead atoms. The number of hydrogen-bond acceptors (Lipinski definition) is 4. The minimum atomic E-state index is -0.638. The smallest absolute Gasteiger partial charge is 0.269 e. The van der Waals surface area contributed by atoms with Crippen molar-refractivity contribution in [2.45, 2.75) is 18.6 Å². The van der Waals surface area contributed by atoms with Gasteiger partial charge in [0.05, 0.1) is 5.25 Å². The Labute approximate surface area is 205 Å². The molecule has 3 aromatic carbocycles. The van der Waals surface area contributed by atoms with E-state index in [4.69, 9.17) is 11.6 Å². The maximum absolute atomic E-state index is 13.4. The van der Waals surface area contributed by atoms with Crippen molar-refractivity contribution in [3.63, 3.8) is 0 Å². The van der Waals surface area contributed by atoms with Gasteiger partial charge in [0.1, 0.15) is 22.5 Å². The van der Waals surface area contributed by atoms with Gasteiger partial charge in [-0.05, 0) is 60.9 Å². The highest BCUT2D eigenvalue weighted by Gasteiger charge is 2.40. The molecule has 2 amide bonds. The van der Waals surface area contributed by atoms with Crippen LogP contribution in [0.15, 0.2) is 83.4 Å². The first-order valence-electron chi connectivity index (χ1n) is 10.4. The number of halogens is 2. The molecule has 1 aliphatic heterocycles. The van der Waals surface area contributed by atoms with E-state index in [0.29, 0.717) is 22.8 Å². The van der Waals surface area contributed by atoms with Gasteiger partial charge in [-0.2, -0.15) is 5.26 Å². The number of carbonyl (C=O) groups is 2. The maximum Gasteiger partial charge on any atom is 0.269 e. The zero-order valence-electron chi connectivity index (χ0n) is 18.1. The molecule has 3 aromatic rings. The molecule has 0 radical (unpaired) electrons. The Hall–Kier alpha value is -3.60. The molecule has 8 heteroatoms. The molecule has 1 aliphatic rings. The Morgan fingerprint density at radius 3 is 2.50 bits per heavy atom. The SMILES string of the molecule is Cc1ccc(NC(=O)/C(C#N)=C2\S[C@H](Cc3ccc(F)cc3)C(=O)N2c2ccccc2)cc1Cl. The largest absolute Gasteiger partial charge is 0.321 e. The number of amides is 2. The number of para-hydroxylation sites is 1. The van der Waals surface area contributed by atoms with E-state index in [-0.39, 0.29) is 22.3 Å². The average Bonchev–Trinajstić information content (AvgIpc) is 3.14. The van der Waals surface area contributed by atoms with E-state index in [1.165, 1.54) is 17.0 Å². The molecule has 0 aromatic heterocycles. The number of hydrogen-bond donors (Lipinski definition) is 1. The summed E-state index contributed by atoms with van der Waals surface area (Å²) in [6.07, 6.45) is 0.324. The zero-order valence-corrected chi connectivity index (χ0v) is 19.7. The number of aryl methyl sites for hydroxylation is 1. The Morgan fingerprint density at radius 2 is 1.85 bits per heavy atom. The number of nitrogens with one attached hydrogen (secondary N) is 1. The van der Waals surface area contributed by atoms with Crippen molar-refractivity contribution >= 4 is 46.6 Å². The topological polar surface area (TPSA) is 73.2 Å². The number of rotatable bonds is 5. The van der Waals surface area contributed by atoms with Crippen LogP contribution in [0.5, 0.6) is 0 Å². The van der Waals surface area contributed by atoms with Crippen LogP contribution in [0.1, 0.15) is 11.1 Å². The summed E-state index contributed by atoms with van der Waals surface area (Å²) in [5.41, 5.74) is 2.45. The van der Waals surface area contributed by atoms with Crippen molar-refractivity contribution in [3.8, 4) is 6.07 Å². The lowest BCUT2D eigenvalue weighted by atomic mass is 10.1. The van der Waals surface area contributed by atoms with Gasteiger partial charge in [0.25, 0.3) is 5.91 Å². The lowest BCUT2D eigenvalue weighted by Crippen LogP contribution is -2.30. The van der Waals surface area contributed by atoms with Crippen LogP contribution < -0.4 is 10.2 Å². The van der Waals surface area contributed by atoms with E-state index in [1.54, 1.807) is 54.6 Å². The minimum Gasteiger partial charge on any atom is -0.321 e. The number of thioether (sulfide) groups is 1. The molecule has 0 spiro atoms. The van der Waals surface area contributed by atoms with Gasteiger partial charge in [-0.15, -0.1) is 0 Å². The van der Waals surface area contributed by atoms with Crippen LogP contribution in [0, 0.1) is 24.1 Å². The van der Waals surface area contributed by atoms with E-state index in [0.717, 1.165) is 22.9 Å². The summed E-state index contributed by atoms with van der Waals surface area (Å²) in [5, 5.41) is 12.8. The summed E-state index contributed by atoms with van der Waals surface area (Å²) in [4.78, 5) is 27.9. The molecule has 1 atom stereocenters. The second kappa shape index (κ2) is 10.1. The first-order valence-corrected chi connectivity index (χ1v) is 11.6. The van der Waals surface area contributed by atoms with Crippen LogP contribution in [0.25, 0.3) is 0 Å². The molecule has 0 saturated carbocycles. The number of nitriles is 1. The van der Waals surface area contributed by atoms with Gasteiger partial charge >= 0.3 is 0 Å². The summed E-state index contributed by atoms with van der Waals surface area (Å²) in [5.74, 6) is -1.25. The average molecular weight is 492 g/mol. The van der Waals surface area contributed by atoms with Crippen molar-refractivity contribution in [1.29, 1.82) is 5.26 Å². The predicted molar refractivity (Wildman–Crippen MR) is 133 cm³/mol. The van der Waals surface area contributed by atoms with Gasteiger partial charge < -0.3 is 5.32 Å². The monoisotopic (exact) mass is 491 g/mol. The van der Waals surface area contributed by atoms with Gasteiger partial charge in [-0.3, -0.25) is 14.5 Å².